The predicted molar refractivity (Wildman–Crippen MR) is 65.9 cm³/mol. The molecular weight excluding hydrogens is 326 g/mol. The van der Waals surface area contributed by atoms with Crippen LogP contribution in [0.5, 0.6) is 0 Å². The number of carboxylic acids is 1. The highest BCUT2D eigenvalue weighted by molar-refractivity contribution is 9.13. The van der Waals surface area contributed by atoms with E-state index in [4.69, 9.17) is 5.11 Å². The average Bonchev–Trinajstić information content (AvgIpc) is 2.18. The zero-order valence-corrected chi connectivity index (χ0v) is 11.3. The fourth-order valence-corrected chi connectivity index (χ4v) is 1.89. The molecule has 0 amide bonds. The fourth-order valence-electron chi connectivity index (χ4n) is 1.24. The first-order chi connectivity index (χ1) is 7.06. The number of carbonyl (C=O) groups is 1. The van der Waals surface area contributed by atoms with Crippen LogP contribution in [-0.2, 0) is 4.79 Å². The van der Waals surface area contributed by atoms with Crippen LogP contribution in [0.25, 0.3) is 0 Å². The standard InChI is InChI=1S/C10H11Br2NO2/c1-2-13-9(10(14)15)6-3-4-7(11)8(12)5-6/h3-5,9,13H,2H2,1H3,(H,14,15). The first kappa shape index (κ1) is 12.7. The van der Waals surface area contributed by atoms with Crippen molar-refractivity contribution < 1.29 is 9.90 Å². The normalized spacial score (nSPS) is 12.5. The Hall–Kier alpha value is -0.390. The second kappa shape index (κ2) is 5.63. The number of halogens is 2. The van der Waals surface area contributed by atoms with Crippen molar-refractivity contribution in [3.63, 3.8) is 0 Å². The summed E-state index contributed by atoms with van der Waals surface area (Å²) >= 11 is 6.69. The lowest BCUT2D eigenvalue weighted by Crippen LogP contribution is -2.28. The van der Waals surface area contributed by atoms with Crippen molar-refractivity contribution in [2.75, 3.05) is 6.54 Å². The molecular formula is C10H11Br2NO2. The van der Waals surface area contributed by atoms with Gasteiger partial charge in [-0.2, -0.15) is 0 Å². The first-order valence-electron chi connectivity index (χ1n) is 4.47. The molecule has 82 valence electrons. The number of hydrogen-bond acceptors (Lipinski definition) is 2. The highest BCUT2D eigenvalue weighted by Crippen LogP contribution is 2.26. The van der Waals surface area contributed by atoms with Gasteiger partial charge >= 0.3 is 5.97 Å². The van der Waals surface area contributed by atoms with Gasteiger partial charge in [-0.05, 0) is 56.1 Å². The van der Waals surface area contributed by atoms with Crippen molar-refractivity contribution in [1.29, 1.82) is 0 Å². The van der Waals surface area contributed by atoms with E-state index in [-0.39, 0.29) is 0 Å². The summed E-state index contributed by atoms with van der Waals surface area (Å²) in [4.78, 5) is 11.0. The van der Waals surface area contributed by atoms with Gasteiger partial charge in [-0.3, -0.25) is 4.79 Å². The van der Waals surface area contributed by atoms with Crippen LogP contribution in [-0.4, -0.2) is 17.6 Å². The molecule has 5 heteroatoms. The van der Waals surface area contributed by atoms with E-state index in [0.29, 0.717) is 6.54 Å². The Kier molecular flexibility index (Phi) is 4.76. The number of hydrogen-bond donors (Lipinski definition) is 2. The van der Waals surface area contributed by atoms with Gasteiger partial charge in [0.05, 0.1) is 0 Å². The summed E-state index contributed by atoms with van der Waals surface area (Å²) in [7, 11) is 0. The summed E-state index contributed by atoms with van der Waals surface area (Å²) in [6.07, 6.45) is 0. The molecule has 0 aliphatic carbocycles. The minimum Gasteiger partial charge on any atom is -0.480 e. The molecule has 1 aromatic rings. The van der Waals surface area contributed by atoms with E-state index in [2.05, 4.69) is 37.2 Å². The molecule has 0 bridgehead atoms. The molecule has 0 aliphatic rings. The van der Waals surface area contributed by atoms with Gasteiger partial charge < -0.3 is 10.4 Å². The van der Waals surface area contributed by atoms with Crippen molar-refractivity contribution in [1.82, 2.24) is 5.32 Å². The van der Waals surface area contributed by atoms with Crippen LogP contribution in [0.15, 0.2) is 27.1 Å². The largest absolute Gasteiger partial charge is 0.480 e. The molecule has 1 atom stereocenters. The zero-order chi connectivity index (χ0) is 11.4. The second-order valence-electron chi connectivity index (χ2n) is 3.00. The minimum absolute atomic E-state index is 0.616. The van der Waals surface area contributed by atoms with Crippen molar-refractivity contribution >= 4 is 37.8 Å². The van der Waals surface area contributed by atoms with Crippen molar-refractivity contribution in [2.24, 2.45) is 0 Å². The number of benzene rings is 1. The lowest BCUT2D eigenvalue weighted by atomic mass is 10.1. The van der Waals surface area contributed by atoms with Gasteiger partial charge in [0.15, 0.2) is 0 Å². The zero-order valence-electron chi connectivity index (χ0n) is 8.13. The van der Waals surface area contributed by atoms with Crippen molar-refractivity contribution in [2.45, 2.75) is 13.0 Å². The molecule has 0 radical (unpaired) electrons. The van der Waals surface area contributed by atoms with Gasteiger partial charge in [0.1, 0.15) is 6.04 Å². The molecule has 0 heterocycles. The Balaban J connectivity index is 3.01. The molecule has 1 aromatic carbocycles. The molecule has 0 aliphatic heterocycles. The lowest BCUT2D eigenvalue weighted by Gasteiger charge is -2.14. The maximum Gasteiger partial charge on any atom is 0.325 e. The minimum atomic E-state index is -0.869. The van der Waals surface area contributed by atoms with E-state index >= 15 is 0 Å². The van der Waals surface area contributed by atoms with Crippen LogP contribution in [0, 0.1) is 0 Å². The molecule has 0 saturated carbocycles. The molecule has 1 unspecified atom stereocenters. The number of carboxylic acid groups (broad SMARTS) is 1. The summed E-state index contributed by atoms with van der Waals surface area (Å²) in [5.41, 5.74) is 0.736. The molecule has 3 nitrogen and oxygen atoms in total. The topological polar surface area (TPSA) is 49.3 Å². The van der Waals surface area contributed by atoms with Gasteiger partial charge in [-0.25, -0.2) is 0 Å². The van der Waals surface area contributed by atoms with E-state index in [1.807, 2.05) is 13.0 Å². The van der Waals surface area contributed by atoms with Crippen LogP contribution in [0.3, 0.4) is 0 Å². The Labute approximate surface area is 105 Å². The smallest absolute Gasteiger partial charge is 0.325 e. The monoisotopic (exact) mass is 335 g/mol. The van der Waals surface area contributed by atoms with Crippen LogP contribution in [0.1, 0.15) is 18.5 Å². The van der Waals surface area contributed by atoms with E-state index < -0.39 is 12.0 Å². The number of nitrogens with one attached hydrogen (secondary N) is 1. The quantitative estimate of drug-likeness (QED) is 0.888. The first-order valence-corrected chi connectivity index (χ1v) is 6.06. The summed E-state index contributed by atoms with van der Waals surface area (Å²) in [6, 6.07) is 4.76. The molecule has 0 fully saturated rings. The van der Waals surface area contributed by atoms with Crippen molar-refractivity contribution in [3.8, 4) is 0 Å². The number of rotatable bonds is 4. The van der Waals surface area contributed by atoms with Gasteiger partial charge in [-0.15, -0.1) is 0 Å². The number of aliphatic carboxylic acids is 1. The molecule has 0 aromatic heterocycles. The summed E-state index contributed by atoms with van der Waals surface area (Å²) in [5.74, 6) is -0.869. The van der Waals surface area contributed by atoms with Crippen LogP contribution in [0.2, 0.25) is 0 Å². The van der Waals surface area contributed by atoms with Crippen LogP contribution >= 0.6 is 31.9 Å². The van der Waals surface area contributed by atoms with Gasteiger partial charge in [-0.1, -0.05) is 13.0 Å². The van der Waals surface area contributed by atoms with Gasteiger partial charge in [0.25, 0.3) is 0 Å². The Morgan fingerprint density at radius 1 is 1.47 bits per heavy atom. The summed E-state index contributed by atoms with van der Waals surface area (Å²) in [5, 5.41) is 11.9. The Morgan fingerprint density at radius 3 is 2.60 bits per heavy atom. The fraction of sp³-hybridized carbons (Fsp3) is 0.300. The van der Waals surface area contributed by atoms with Crippen LogP contribution < -0.4 is 5.32 Å². The maximum atomic E-state index is 11.0. The van der Waals surface area contributed by atoms with Crippen molar-refractivity contribution in [3.05, 3.63) is 32.7 Å². The van der Waals surface area contributed by atoms with E-state index in [0.717, 1.165) is 14.5 Å². The third-order valence-electron chi connectivity index (χ3n) is 1.93. The third kappa shape index (κ3) is 3.29. The molecule has 2 N–H and O–H groups in total. The second-order valence-corrected chi connectivity index (χ2v) is 4.71. The van der Waals surface area contributed by atoms with Gasteiger partial charge in [0.2, 0.25) is 0 Å². The Morgan fingerprint density at radius 2 is 2.13 bits per heavy atom. The number of likely N-dealkylation sites (N-methyl/N-ethyl adjacent to an activating group) is 1. The predicted octanol–water partition coefficient (Wildman–Crippen LogP) is 2.95. The van der Waals surface area contributed by atoms with E-state index in [1.165, 1.54) is 0 Å². The van der Waals surface area contributed by atoms with Gasteiger partial charge in [0, 0.05) is 8.95 Å². The van der Waals surface area contributed by atoms with E-state index in [1.54, 1.807) is 12.1 Å². The molecule has 0 spiro atoms. The lowest BCUT2D eigenvalue weighted by molar-refractivity contribution is -0.139. The summed E-state index contributed by atoms with van der Waals surface area (Å²) in [6.45, 7) is 2.49. The third-order valence-corrected chi connectivity index (χ3v) is 3.81. The van der Waals surface area contributed by atoms with Crippen LogP contribution in [0.4, 0.5) is 0 Å². The Bertz CT molecular complexity index is 368. The molecule has 0 saturated heterocycles. The highest BCUT2D eigenvalue weighted by atomic mass is 79.9. The summed E-state index contributed by atoms with van der Waals surface area (Å²) < 4.78 is 1.76. The van der Waals surface area contributed by atoms with E-state index in [9.17, 15) is 4.79 Å². The molecule has 1 rings (SSSR count). The molecule has 15 heavy (non-hydrogen) atoms. The maximum absolute atomic E-state index is 11.0. The average molecular weight is 337 g/mol. The SMILES string of the molecule is CCNC(C(=O)O)c1ccc(Br)c(Br)c1. The highest BCUT2D eigenvalue weighted by Gasteiger charge is 2.18.